The summed E-state index contributed by atoms with van der Waals surface area (Å²) in [5.41, 5.74) is 2.34. The Morgan fingerprint density at radius 2 is 2.29 bits per heavy atom. The molecular formula is C15H18O2. The van der Waals surface area contributed by atoms with Gasteiger partial charge in [0, 0.05) is 12.0 Å². The summed E-state index contributed by atoms with van der Waals surface area (Å²) in [4.78, 5) is 0. The third-order valence-electron chi connectivity index (χ3n) is 3.40. The fourth-order valence-corrected chi connectivity index (χ4v) is 2.26. The molecular weight excluding hydrogens is 212 g/mol. The molecule has 1 N–H and O–H groups in total. The zero-order chi connectivity index (χ0) is 12.5. The van der Waals surface area contributed by atoms with E-state index in [1.54, 1.807) is 0 Å². The maximum atomic E-state index is 9.55. The van der Waals surface area contributed by atoms with Crippen LogP contribution in [0.4, 0.5) is 0 Å². The second kappa shape index (κ2) is 4.43. The van der Waals surface area contributed by atoms with E-state index >= 15 is 0 Å². The molecule has 2 heteroatoms. The molecule has 0 amide bonds. The van der Waals surface area contributed by atoms with Crippen LogP contribution >= 0.6 is 0 Å². The van der Waals surface area contributed by atoms with Crippen molar-refractivity contribution >= 4 is 0 Å². The summed E-state index contributed by atoms with van der Waals surface area (Å²) in [7, 11) is 0. The highest BCUT2D eigenvalue weighted by atomic mass is 16.5. The normalized spacial score (nSPS) is 18.7. The number of fused-ring (bicyclic) bond motifs is 1. The average Bonchev–Trinajstić information content (AvgIpc) is 2.29. The average molecular weight is 230 g/mol. The topological polar surface area (TPSA) is 29.5 Å². The first-order chi connectivity index (χ1) is 8.04. The van der Waals surface area contributed by atoms with Crippen LogP contribution in [-0.2, 0) is 11.8 Å². The van der Waals surface area contributed by atoms with Crippen LogP contribution in [0.5, 0.6) is 5.75 Å². The Labute approximate surface area is 103 Å². The zero-order valence-corrected chi connectivity index (χ0v) is 10.4. The molecule has 1 aliphatic rings. The first kappa shape index (κ1) is 12.0. The van der Waals surface area contributed by atoms with E-state index in [4.69, 9.17) is 11.2 Å². The molecule has 1 aromatic rings. The summed E-state index contributed by atoms with van der Waals surface area (Å²) in [5, 5.41) is 9.55. The smallest absolute Gasteiger partial charge is 0.126 e. The molecule has 1 unspecified atom stereocenters. The summed E-state index contributed by atoms with van der Waals surface area (Å²) in [6.07, 6.45) is 5.94. The van der Waals surface area contributed by atoms with Crippen LogP contribution in [0.1, 0.15) is 31.4 Å². The first-order valence-corrected chi connectivity index (χ1v) is 5.94. The number of aliphatic hydroxyl groups is 1. The molecule has 90 valence electrons. The molecule has 0 spiro atoms. The van der Waals surface area contributed by atoms with Gasteiger partial charge in [0.1, 0.15) is 11.9 Å². The molecule has 17 heavy (non-hydrogen) atoms. The summed E-state index contributed by atoms with van der Waals surface area (Å²) in [6, 6.07) is 6.08. The van der Waals surface area contributed by atoms with Gasteiger partial charge < -0.3 is 9.84 Å². The van der Waals surface area contributed by atoms with Gasteiger partial charge in [-0.05, 0) is 17.4 Å². The van der Waals surface area contributed by atoms with Gasteiger partial charge in [-0.1, -0.05) is 38.0 Å². The largest absolute Gasteiger partial charge is 0.493 e. The molecule has 2 nitrogen and oxygen atoms in total. The number of terminal acetylenes is 1. The monoisotopic (exact) mass is 230 g/mol. The van der Waals surface area contributed by atoms with Crippen molar-refractivity contribution in [3.8, 4) is 18.1 Å². The van der Waals surface area contributed by atoms with Crippen molar-refractivity contribution < 1.29 is 9.84 Å². The second-order valence-electron chi connectivity index (χ2n) is 5.16. The number of hydrogen-bond donors (Lipinski definition) is 1. The van der Waals surface area contributed by atoms with Crippen LogP contribution in [0.2, 0.25) is 0 Å². The minimum Gasteiger partial charge on any atom is -0.493 e. The fraction of sp³-hybridized carbons (Fsp3) is 0.467. The van der Waals surface area contributed by atoms with Gasteiger partial charge in [0.15, 0.2) is 0 Å². The maximum absolute atomic E-state index is 9.55. The third-order valence-corrected chi connectivity index (χ3v) is 3.40. The molecule has 0 saturated heterocycles. The molecule has 1 aliphatic heterocycles. The third kappa shape index (κ3) is 2.30. The number of para-hydroxylation sites is 1. The van der Waals surface area contributed by atoms with Gasteiger partial charge >= 0.3 is 0 Å². The van der Waals surface area contributed by atoms with E-state index in [-0.39, 0.29) is 5.41 Å². The van der Waals surface area contributed by atoms with E-state index in [1.807, 2.05) is 12.1 Å². The molecule has 0 aliphatic carbocycles. The lowest BCUT2D eigenvalue weighted by Gasteiger charge is -2.33. The molecule has 1 heterocycles. The lowest BCUT2D eigenvalue weighted by atomic mass is 9.78. The summed E-state index contributed by atoms with van der Waals surface area (Å²) < 4.78 is 5.76. The number of rotatable bonds is 2. The van der Waals surface area contributed by atoms with E-state index < -0.39 is 6.10 Å². The molecule has 0 saturated carbocycles. The van der Waals surface area contributed by atoms with Crippen molar-refractivity contribution in [2.24, 2.45) is 0 Å². The van der Waals surface area contributed by atoms with E-state index in [0.29, 0.717) is 6.42 Å². The van der Waals surface area contributed by atoms with Gasteiger partial charge in [0.2, 0.25) is 0 Å². The molecule has 1 atom stereocenters. The van der Waals surface area contributed by atoms with Gasteiger partial charge in [-0.3, -0.25) is 0 Å². The zero-order valence-electron chi connectivity index (χ0n) is 10.4. The molecule has 0 fully saturated rings. The maximum Gasteiger partial charge on any atom is 0.126 e. The van der Waals surface area contributed by atoms with Crippen LogP contribution in [-0.4, -0.2) is 17.8 Å². The molecule has 0 radical (unpaired) electrons. The Kier molecular flexibility index (Phi) is 3.13. The summed E-state index contributed by atoms with van der Waals surface area (Å²) in [6.45, 7) is 5.16. The number of aliphatic hydroxyl groups excluding tert-OH is 1. The van der Waals surface area contributed by atoms with Gasteiger partial charge in [-0.15, -0.1) is 6.42 Å². The molecule has 2 rings (SSSR count). The van der Waals surface area contributed by atoms with E-state index in [9.17, 15) is 5.11 Å². The van der Waals surface area contributed by atoms with Gasteiger partial charge in [0.05, 0.1) is 6.61 Å². The minimum absolute atomic E-state index is 0.130. The Balaban J connectivity index is 2.40. The highest BCUT2D eigenvalue weighted by molar-refractivity contribution is 5.47. The number of benzene rings is 1. The minimum atomic E-state index is -0.741. The first-order valence-electron chi connectivity index (χ1n) is 5.94. The SMILES string of the molecule is C#CC(O)Cc1cccc2c1OCCC2(C)C. The van der Waals surface area contributed by atoms with Crippen molar-refractivity contribution in [2.75, 3.05) is 6.61 Å². The molecule has 0 bridgehead atoms. The van der Waals surface area contributed by atoms with Gasteiger partial charge in [-0.2, -0.15) is 0 Å². The lowest BCUT2D eigenvalue weighted by molar-refractivity contribution is 0.216. The van der Waals surface area contributed by atoms with Crippen molar-refractivity contribution in [2.45, 2.75) is 38.2 Å². The van der Waals surface area contributed by atoms with Crippen LogP contribution in [0.25, 0.3) is 0 Å². The van der Waals surface area contributed by atoms with Crippen molar-refractivity contribution in [3.63, 3.8) is 0 Å². The standard InChI is InChI=1S/C15H18O2/c1-4-12(16)10-11-6-5-7-13-14(11)17-9-8-15(13,2)3/h1,5-7,12,16H,8-10H2,2-3H3. The predicted molar refractivity (Wildman–Crippen MR) is 68.1 cm³/mol. The Morgan fingerprint density at radius 1 is 1.53 bits per heavy atom. The summed E-state index contributed by atoms with van der Waals surface area (Å²) in [5.74, 6) is 3.26. The Bertz CT molecular complexity index is 454. The Morgan fingerprint density at radius 3 is 3.00 bits per heavy atom. The van der Waals surface area contributed by atoms with Crippen LogP contribution < -0.4 is 4.74 Å². The highest BCUT2D eigenvalue weighted by Crippen LogP contribution is 2.40. The van der Waals surface area contributed by atoms with E-state index in [1.165, 1.54) is 5.56 Å². The highest BCUT2D eigenvalue weighted by Gasteiger charge is 2.30. The predicted octanol–water partition coefficient (Wildman–Crippen LogP) is 2.28. The number of hydrogen-bond acceptors (Lipinski definition) is 2. The fourth-order valence-electron chi connectivity index (χ4n) is 2.26. The molecule has 0 aromatic heterocycles. The van der Waals surface area contributed by atoms with Crippen molar-refractivity contribution in [1.29, 1.82) is 0 Å². The Hall–Kier alpha value is -1.46. The van der Waals surface area contributed by atoms with Crippen molar-refractivity contribution in [1.82, 2.24) is 0 Å². The lowest BCUT2D eigenvalue weighted by Crippen LogP contribution is -2.27. The van der Waals surface area contributed by atoms with E-state index in [2.05, 4.69) is 25.8 Å². The quantitative estimate of drug-likeness (QED) is 0.790. The molecule has 1 aromatic carbocycles. The van der Waals surface area contributed by atoms with Gasteiger partial charge in [0.25, 0.3) is 0 Å². The second-order valence-corrected chi connectivity index (χ2v) is 5.16. The van der Waals surface area contributed by atoms with Crippen molar-refractivity contribution in [3.05, 3.63) is 29.3 Å². The van der Waals surface area contributed by atoms with Crippen LogP contribution in [0.3, 0.4) is 0 Å². The van der Waals surface area contributed by atoms with Crippen LogP contribution in [0.15, 0.2) is 18.2 Å². The van der Waals surface area contributed by atoms with E-state index in [0.717, 1.165) is 24.3 Å². The van der Waals surface area contributed by atoms with Gasteiger partial charge in [-0.25, -0.2) is 0 Å². The summed E-state index contributed by atoms with van der Waals surface area (Å²) >= 11 is 0. The van der Waals surface area contributed by atoms with Crippen LogP contribution in [0, 0.1) is 12.3 Å². The number of ether oxygens (including phenoxy) is 1.